The fraction of sp³-hybridized carbons (Fsp3) is 0.500. The van der Waals surface area contributed by atoms with Gasteiger partial charge >= 0.3 is 0 Å². The molecule has 0 aliphatic heterocycles. The molecule has 0 saturated carbocycles. The molecule has 0 aromatic heterocycles. The van der Waals surface area contributed by atoms with Gasteiger partial charge in [0.1, 0.15) is 5.41 Å². The van der Waals surface area contributed by atoms with E-state index in [2.05, 4.69) is 10.6 Å². The minimum absolute atomic E-state index is 0.0194. The topological polar surface area (TPSA) is 58.2 Å². The van der Waals surface area contributed by atoms with Gasteiger partial charge in [-0.15, -0.1) is 0 Å². The molecule has 0 fully saturated rings. The second-order valence-corrected chi connectivity index (χ2v) is 5.86. The summed E-state index contributed by atoms with van der Waals surface area (Å²) in [6.07, 6.45) is 0. The molecular weight excluding hydrogens is 252 g/mol. The van der Waals surface area contributed by atoms with Crippen LogP contribution < -0.4 is 10.6 Å². The van der Waals surface area contributed by atoms with Gasteiger partial charge in [0.15, 0.2) is 0 Å². The summed E-state index contributed by atoms with van der Waals surface area (Å²) in [5.41, 5.74) is 1.10. The predicted octanol–water partition coefficient (Wildman–Crippen LogP) is 2.16. The van der Waals surface area contributed by atoms with E-state index in [1.165, 1.54) is 0 Å². The van der Waals surface area contributed by atoms with Crippen LogP contribution in [0.25, 0.3) is 0 Å². The minimum Gasteiger partial charge on any atom is -0.353 e. The van der Waals surface area contributed by atoms with Crippen molar-refractivity contribution in [1.82, 2.24) is 10.6 Å². The van der Waals surface area contributed by atoms with E-state index in [4.69, 9.17) is 0 Å². The zero-order chi connectivity index (χ0) is 15.3. The molecule has 0 bridgehead atoms. The summed E-state index contributed by atoms with van der Waals surface area (Å²) in [5, 5.41) is 5.61. The van der Waals surface area contributed by atoms with Crippen LogP contribution in [0.3, 0.4) is 0 Å². The zero-order valence-electron chi connectivity index (χ0n) is 12.9. The summed E-state index contributed by atoms with van der Waals surface area (Å²) < 4.78 is 0. The molecule has 0 unspecified atom stereocenters. The molecule has 0 spiro atoms. The highest BCUT2D eigenvalue weighted by atomic mass is 16.2. The molecule has 20 heavy (non-hydrogen) atoms. The lowest BCUT2D eigenvalue weighted by molar-refractivity contribution is -0.141. The molecule has 4 nitrogen and oxygen atoms in total. The number of hydrogen-bond donors (Lipinski definition) is 2. The summed E-state index contributed by atoms with van der Waals surface area (Å²) >= 11 is 0. The van der Waals surface area contributed by atoms with Crippen molar-refractivity contribution in [1.29, 1.82) is 0 Å². The molecule has 0 radical (unpaired) electrons. The summed E-state index contributed by atoms with van der Waals surface area (Å²) in [4.78, 5) is 24.2. The maximum Gasteiger partial charge on any atom is 0.235 e. The molecule has 2 amide bonds. The van der Waals surface area contributed by atoms with Crippen LogP contribution in [0.1, 0.15) is 38.8 Å². The summed E-state index contributed by atoms with van der Waals surface area (Å²) in [6, 6.07) is 7.88. The third-order valence-corrected chi connectivity index (χ3v) is 3.26. The molecule has 1 aromatic rings. The lowest BCUT2D eigenvalue weighted by Gasteiger charge is -2.24. The van der Waals surface area contributed by atoms with E-state index < -0.39 is 5.41 Å². The molecule has 1 rings (SSSR count). The Kier molecular flexibility index (Phi) is 5.31. The maximum atomic E-state index is 12.2. The van der Waals surface area contributed by atoms with Crippen LogP contribution in [0.4, 0.5) is 0 Å². The molecular formula is C16H24N2O2. The minimum atomic E-state index is -1.08. The van der Waals surface area contributed by atoms with Gasteiger partial charge in [-0.3, -0.25) is 9.59 Å². The predicted molar refractivity (Wildman–Crippen MR) is 80.1 cm³/mol. The number of carbonyl (C=O) groups is 2. The number of benzene rings is 1. The van der Waals surface area contributed by atoms with Gasteiger partial charge in [-0.25, -0.2) is 0 Å². The Morgan fingerprint density at radius 1 is 1.15 bits per heavy atom. The third kappa shape index (κ3) is 4.08. The SMILES string of the molecule is Cc1ccccc1CNC(=O)C(C)(C)C(=O)NC(C)C. The molecule has 0 aliphatic rings. The molecule has 0 heterocycles. The van der Waals surface area contributed by atoms with Gasteiger partial charge in [-0.05, 0) is 45.7 Å². The number of aryl methyl sites for hydroxylation is 1. The van der Waals surface area contributed by atoms with E-state index in [1.54, 1.807) is 13.8 Å². The molecule has 1 aromatic carbocycles. The van der Waals surface area contributed by atoms with Crippen molar-refractivity contribution >= 4 is 11.8 Å². The Hall–Kier alpha value is -1.84. The summed E-state index contributed by atoms with van der Waals surface area (Å²) in [5.74, 6) is -0.520. The number of rotatable bonds is 5. The highest BCUT2D eigenvalue weighted by Crippen LogP contribution is 2.16. The highest BCUT2D eigenvalue weighted by Gasteiger charge is 2.35. The molecule has 0 aliphatic carbocycles. The van der Waals surface area contributed by atoms with Crippen molar-refractivity contribution in [2.75, 3.05) is 0 Å². The smallest absolute Gasteiger partial charge is 0.235 e. The fourth-order valence-corrected chi connectivity index (χ4v) is 1.75. The van der Waals surface area contributed by atoms with E-state index in [-0.39, 0.29) is 17.9 Å². The van der Waals surface area contributed by atoms with Gasteiger partial charge in [-0.1, -0.05) is 24.3 Å². The van der Waals surface area contributed by atoms with Crippen LogP contribution >= 0.6 is 0 Å². The normalized spacial score (nSPS) is 11.3. The number of carbonyl (C=O) groups excluding carboxylic acids is 2. The van der Waals surface area contributed by atoms with Gasteiger partial charge in [0.2, 0.25) is 11.8 Å². The first-order valence-corrected chi connectivity index (χ1v) is 6.89. The van der Waals surface area contributed by atoms with Crippen LogP contribution in [-0.4, -0.2) is 17.9 Å². The Morgan fingerprint density at radius 3 is 2.30 bits per heavy atom. The zero-order valence-corrected chi connectivity index (χ0v) is 12.9. The fourth-order valence-electron chi connectivity index (χ4n) is 1.75. The second-order valence-electron chi connectivity index (χ2n) is 5.86. The van der Waals surface area contributed by atoms with Crippen LogP contribution in [-0.2, 0) is 16.1 Å². The lowest BCUT2D eigenvalue weighted by Crippen LogP contribution is -2.49. The number of nitrogens with one attached hydrogen (secondary N) is 2. The molecule has 2 N–H and O–H groups in total. The van der Waals surface area contributed by atoms with Crippen LogP contribution in [0.2, 0.25) is 0 Å². The molecule has 0 atom stereocenters. The van der Waals surface area contributed by atoms with E-state index in [9.17, 15) is 9.59 Å². The number of amides is 2. The van der Waals surface area contributed by atoms with Gasteiger partial charge in [0, 0.05) is 12.6 Å². The van der Waals surface area contributed by atoms with Gasteiger partial charge in [0.25, 0.3) is 0 Å². The second kappa shape index (κ2) is 6.55. The molecule has 4 heteroatoms. The van der Waals surface area contributed by atoms with E-state index in [0.29, 0.717) is 6.54 Å². The van der Waals surface area contributed by atoms with Crippen molar-refractivity contribution in [3.8, 4) is 0 Å². The van der Waals surface area contributed by atoms with Crippen molar-refractivity contribution in [3.05, 3.63) is 35.4 Å². The molecule has 0 saturated heterocycles. The van der Waals surface area contributed by atoms with Crippen molar-refractivity contribution < 1.29 is 9.59 Å². The third-order valence-electron chi connectivity index (χ3n) is 3.26. The standard InChI is InChI=1S/C16H24N2O2/c1-11(2)18-15(20)16(4,5)14(19)17-10-13-9-7-6-8-12(13)3/h6-9,11H,10H2,1-5H3,(H,17,19)(H,18,20). The average Bonchev–Trinajstić information content (AvgIpc) is 2.36. The van der Waals surface area contributed by atoms with Crippen molar-refractivity contribution in [3.63, 3.8) is 0 Å². The monoisotopic (exact) mass is 276 g/mol. The average molecular weight is 276 g/mol. The van der Waals surface area contributed by atoms with E-state index >= 15 is 0 Å². The Morgan fingerprint density at radius 2 is 1.75 bits per heavy atom. The van der Waals surface area contributed by atoms with Crippen molar-refractivity contribution in [2.45, 2.75) is 47.2 Å². The van der Waals surface area contributed by atoms with Gasteiger partial charge < -0.3 is 10.6 Å². The highest BCUT2D eigenvalue weighted by molar-refractivity contribution is 6.04. The van der Waals surface area contributed by atoms with Crippen molar-refractivity contribution in [2.24, 2.45) is 5.41 Å². The van der Waals surface area contributed by atoms with Crippen LogP contribution in [0, 0.1) is 12.3 Å². The lowest BCUT2D eigenvalue weighted by atomic mass is 9.90. The first kappa shape index (κ1) is 16.2. The first-order chi connectivity index (χ1) is 9.25. The first-order valence-electron chi connectivity index (χ1n) is 6.89. The molecule has 110 valence electrons. The summed E-state index contributed by atoms with van der Waals surface area (Å²) in [7, 11) is 0. The Bertz CT molecular complexity index is 493. The van der Waals surface area contributed by atoms with Crippen LogP contribution in [0.15, 0.2) is 24.3 Å². The van der Waals surface area contributed by atoms with E-state index in [1.807, 2.05) is 45.0 Å². The van der Waals surface area contributed by atoms with Gasteiger partial charge in [0.05, 0.1) is 0 Å². The van der Waals surface area contributed by atoms with Crippen LogP contribution in [0.5, 0.6) is 0 Å². The van der Waals surface area contributed by atoms with Gasteiger partial charge in [-0.2, -0.15) is 0 Å². The quantitative estimate of drug-likeness (QED) is 0.810. The largest absolute Gasteiger partial charge is 0.353 e. The van der Waals surface area contributed by atoms with E-state index in [0.717, 1.165) is 11.1 Å². The Balaban J connectivity index is 2.66. The number of hydrogen-bond acceptors (Lipinski definition) is 2. The Labute approximate surface area is 121 Å². The summed E-state index contributed by atoms with van der Waals surface area (Å²) in [6.45, 7) is 9.45. The maximum absolute atomic E-state index is 12.2.